The van der Waals surface area contributed by atoms with Crippen LogP contribution in [0, 0.1) is 0 Å². The molecule has 2 N–H and O–H groups in total. The molecule has 0 aliphatic carbocycles. The summed E-state index contributed by atoms with van der Waals surface area (Å²) < 4.78 is 25.7. The molecule has 92 valence electrons. The number of likely N-dealkylation sites (N-methyl/N-ethyl adjacent to an activating group) is 1. The van der Waals surface area contributed by atoms with Gasteiger partial charge in [-0.25, -0.2) is 13.1 Å². The quantitative estimate of drug-likeness (QED) is 0.801. The van der Waals surface area contributed by atoms with Crippen LogP contribution in [0.4, 0.5) is 0 Å². The minimum absolute atomic E-state index is 0. The van der Waals surface area contributed by atoms with E-state index in [4.69, 9.17) is 11.6 Å². The summed E-state index contributed by atoms with van der Waals surface area (Å²) >= 11 is 5.66. The molecule has 0 aliphatic rings. The van der Waals surface area contributed by atoms with Gasteiger partial charge < -0.3 is 5.32 Å². The SMILES string of the molecule is CNCCNS(=O)(=O)c1ccc(Cl)cc1.Cl. The molecule has 0 atom stereocenters. The van der Waals surface area contributed by atoms with Crippen molar-refractivity contribution in [2.45, 2.75) is 4.90 Å². The van der Waals surface area contributed by atoms with Crippen molar-refractivity contribution in [1.82, 2.24) is 10.0 Å². The maximum Gasteiger partial charge on any atom is 0.240 e. The van der Waals surface area contributed by atoms with E-state index in [0.29, 0.717) is 18.1 Å². The molecule has 0 saturated carbocycles. The summed E-state index contributed by atoms with van der Waals surface area (Å²) in [5.74, 6) is 0. The van der Waals surface area contributed by atoms with E-state index < -0.39 is 10.0 Å². The molecule has 0 amide bonds. The maximum absolute atomic E-state index is 11.6. The van der Waals surface area contributed by atoms with Crippen molar-refractivity contribution in [3.05, 3.63) is 29.3 Å². The number of hydrogen-bond acceptors (Lipinski definition) is 3. The summed E-state index contributed by atoms with van der Waals surface area (Å²) in [7, 11) is -1.64. The van der Waals surface area contributed by atoms with E-state index in [1.807, 2.05) is 0 Å². The molecule has 0 saturated heterocycles. The van der Waals surface area contributed by atoms with Crippen molar-refractivity contribution in [3.8, 4) is 0 Å². The highest BCUT2D eigenvalue weighted by Crippen LogP contribution is 2.13. The minimum Gasteiger partial charge on any atom is -0.318 e. The van der Waals surface area contributed by atoms with Gasteiger partial charge in [0.05, 0.1) is 4.90 Å². The predicted molar refractivity (Wildman–Crippen MR) is 67.8 cm³/mol. The largest absolute Gasteiger partial charge is 0.318 e. The molecule has 1 aromatic carbocycles. The average Bonchev–Trinajstić information content (AvgIpc) is 2.18. The first kappa shape index (κ1) is 15.7. The van der Waals surface area contributed by atoms with Gasteiger partial charge in [0.1, 0.15) is 0 Å². The normalized spacial score (nSPS) is 10.9. The topological polar surface area (TPSA) is 58.2 Å². The Kier molecular flexibility index (Phi) is 6.94. The standard InChI is InChI=1S/C9H13ClN2O2S.ClH/c1-11-6-7-12-15(13,14)9-4-2-8(10)3-5-9;/h2-5,11-12H,6-7H2,1H3;1H. The zero-order valence-electron chi connectivity index (χ0n) is 8.73. The third-order valence-corrected chi connectivity index (χ3v) is 3.52. The molecule has 1 aromatic rings. The van der Waals surface area contributed by atoms with E-state index in [1.54, 1.807) is 19.2 Å². The highest BCUT2D eigenvalue weighted by molar-refractivity contribution is 7.89. The summed E-state index contributed by atoms with van der Waals surface area (Å²) in [5, 5.41) is 3.37. The van der Waals surface area contributed by atoms with Gasteiger partial charge in [0.25, 0.3) is 0 Å². The van der Waals surface area contributed by atoms with Crippen LogP contribution in [0.2, 0.25) is 5.02 Å². The second-order valence-corrected chi connectivity index (χ2v) is 5.16. The Morgan fingerprint density at radius 3 is 2.25 bits per heavy atom. The lowest BCUT2D eigenvalue weighted by Crippen LogP contribution is -2.30. The van der Waals surface area contributed by atoms with E-state index in [1.165, 1.54) is 12.1 Å². The first-order valence-electron chi connectivity index (χ1n) is 4.46. The van der Waals surface area contributed by atoms with E-state index in [2.05, 4.69) is 10.0 Å². The fourth-order valence-electron chi connectivity index (χ4n) is 1.01. The van der Waals surface area contributed by atoms with Gasteiger partial charge in [0.2, 0.25) is 10.0 Å². The lowest BCUT2D eigenvalue weighted by molar-refractivity contribution is 0.579. The summed E-state index contributed by atoms with van der Waals surface area (Å²) in [6.45, 7) is 0.953. The molecule has 0 aromatic heterocycles. The molecule has 0 radical (unpaired) electrons. The van der Waals surface area contributed by atoms with Crippen LogP contribution < -0.4 is 10.0 Å². The zero-order valence-corrected chi connectivity index (χ0v) is 11.1. The summed E-state index contributed by atoms with van der Waals surface area (Å²) in [5.41, 5.74) is 0. The third-order valence-electron chi connectivity index (χ3n) is 1.79. The molecule has 16 heavy (non-hydrogen) atoms. The molecule has 0 unspecified atom stereocenters. The second kappa shape index (κ2) is 7.09. The lowest BCUT2D eigenvalue weighted by Gasteiger charge is -2.05. The Bertz CT molecular complexity index is 406. The van der Waals surface area contributed by atoms with Gasteiger partial charge in [-0.15, -0.1) is 12.4 Å². The van der Waals surface area contributed by atoms with Crippen LogP contribution in [-0.2, 0) is 10.0 Å². The average molecular weight is 285 g/mol. The number of halogens is 2. The van der Waals surface area contributed by atoms with Crippen LogP contribution in [0.5, 0.6) is 0 Å². The fourth-order valence-corrected chi connectivity index (χ4v) is 2.17. The number of rotatable bonds is 5. The van der Waals surface area contributed by atoms with Crippen molar-refractivity contribution >= 4 is 34.0 Å². The summed E-state index contributed by atoms with van der Waals surface area (Å²) in [6, 6.07) is 6.05. The minimum atomic E-state index is -3.40. The number of sulfonamides is 1. The molecule has 0 bridgehead atoms. The molecule has 4 nitrogen and oxygen atoms in total. The second-order valence-electron chi connectivity index (χ2n) is 2.96. The van der Waals surface area contributed by atoms with Gasteiger partial charge in [-0.1, -0.05) is 11.6 Å². The Labute approximate surface area is 107 Å². The van der Waals surface area contributed by atoms with Crippen LogP contribution in [0.15, 0.2) is 29.2 Å². The monoisotopic (exact) mass is 284 g/mol. The molecule has 0 heterocycles. The highest BCUT2D eigenvalue weighted by atomic mass is 35.5. The Morgan fingerprint density at radius 1 is 1.19 bits per heavy atom. The van der Waals surface area contributed by atoms with Crippen molar-refractivity contribution in [1.29, 1.82) is 0 Å². The molecule has 0 spiro atoms. The highest BCUT2D eigenvalue weighted by Gasteiger charge is 2.12. The van der Waals surface area contributed by atoms with Gasteiger partial charge in [0, 0.05) is 18.1 Å². The molecule has 1 rings (SSSR count). The smallest absolute Gasteiger partial charge is 0.240 e. The molecule has 7 heteroatoms. The first-order valence-corrected chi connectivity index (χ1v) is 6.32. The number of nitrogens with one attached hydrogen (secondary N) is 2. The van der Waals surface area contributed by atoms with E-state index in [0.717, 1.165) is 0 Å². The maximum atomic E-state index is 11.6. The first-order chi connectivity index (χ1) is 7.06. The van der Waals surface area contributed by atoms with Crippen molar-refractivity contribution < 1.29 is 8.42 Å². The fraction of sp³-hybridized carbons (Fsp3) is 0.333. The number of benzene rings is 1. The van der Waals surface area contributed by atoms with Gasteiger partial charge in [-0.3, -0.25) is 0 Å². The van der Waals surface area contributed by atoms with Crippen molar-refractivity contribution in [3.63, 3.8) is 0 Å². The summed E-state index contributed by atoms with van der Waals surface area (Å²) in [6.07, 6.45) is 0. The number of hydrogen-bond donors (Lipinski definition) is 2. The molecule has 0 fully saturated rings. The lowest BCUT2D eigenvalue weighted by atomic mass is 10.4. The van der Waals surface area contributed by atoms with Gasteiger partial charge in [-0.2, -0.15) is 0 Å². The van der Waals surface area contributed by atoms with Crippen LogP contribution in [-0.4, -0.2) is 28.6 Å². The predicted octanol–water partition coefficient (Wildman–Crippen LogP) is 1.26. The third kappa shape index (κ3) is 4.67. The van der Waals surface area contributed by atoms with E-state index >= 15 is 0 Å². The van der Waals surface area contributed by atoms with E-state index in [-0.39, 0.29) is 17.3 Å². The van der Waals surface area contributed by atoms with E-state index in [9.17, 15) is 8.42 Å². The Balaban J connectivity index is 0.00000225. The summed E-state index contributed by atoms with van der Waals surface area (Å²) in [4.78, 5) is 0.225. The van der Waals surface area contributed by atoms with Crippen molar-refractivity contribution in [2.24, 2.45) is 0 Å². The Morgan fingerprint density at radius 2 is 1.75 bits per heavy atom. The zero-order chi connectivity index (χ0) is 11.3. The van der Waals surface area contributed by atoms with Gasteiger partial charge in [-0.05, 0) is 31.3 Å². The molecular weight excluding hydrogens is 271 g/mol. The van der Waals surface area contributed by atoms with Gasteiger partial charge >= 0.3 is 0 Å². The molecular formula is C9H14Cl2N2O2S. The molecule has 0 aliphatic heterocycles. The van der Waals surface area contributed by atoms with Crippen LogP contribution >= 0.6 is 24.0 Å². The van der Waals surface area contributed by atoms with Crippen LogP contribution in [0.1, 0.15) is 0 Å². The van der Waals surface area contributed by atoms with Gasteiger partial charge in [0.15, 0.2) is 0 Å². The van der Waals surface area contributed by atoms with Crippen molar-refractivity contribution in [2.75, 3.05) is 20.1 Å². The van der Waals surface area contributed by atoms with Crippen LogP contribution in [0.25, 0.3) is 0 Å². The van der Waals surface area contributed by atoms with Crippen LogP contribution in [0.3, 0.4) is 0 Å². The Hall–Kier alpha value is -0.330.